The number of fused-ring (bicyclic) bond motifs is 8. The van der Waals surface area contributed by atoms with Gasteiger partial charge in [-0.05, 0) is 85.5 Å². The average molecular weight is 678 g/mol. The summed E-state index contributed by atoms with van der Waals surface area (Å²) in [4.78, 5) is 7.55. The topological polar surface area (TPSA) is 9.72 Å². The molecular weight excluding hydrogens is 639 g/mol. The van der Waals surface area contributed by atoms with Crippen LogP contribution in [0.5, 0.6) is 0 Å². The van der Waals surface area contributed by atoms with Gasteiger partial charge in [-0.25, -0.2) is 0 Å². The Bertz CT molecular complexity index is 2600. The van der Waals surface area contributed by atoms with Crippen molar-refractivity contribution in [2.75, 3.05) is 14.7 Å². The van der Waals surface area contributed by atoms with E-state index in [1.54, 1.807) is 0 Å². The highest BCUT2D eigenvalue weighted by atomic mass is 32.1. The summed E-state index contributed by atoms with van der Waals surface area (Å²) >= 11 is 1.88. The number of benzene rings is 7. The lowest BCUT2D eigenvalue weighted by molar-refractivity contribution is 0.560. The number of para-hydroxylation sites is 4. The van der Waals surface area contributed by atoms with Crippen LogP contribution in [0.2, 0.25) is 0 Å². The van der Waals surface area contributed by atoms with Crippen LogP contribution in [0, 0.1) is 5.92 Å². The molecule has 10 rings (SSSR count). The van der Waals surface area contributed by atoms with Crippen molar-refractivity contribution in [1.82, 2.24) is 0 Å². The van der Waals surface area contributed by atoms with Gasteiger partial charge in [-0.1, -0.05) is 105 Å². The lowest BCUT2D eigenvalue weighted by atomic mass is 9.78. The molecule has 0 aliphatic carbocycles. The largest absolute Gasteiger partial charge is 0.335 e. The minimum absolute atomic E-state index is 0.280. The van der Waals surface area contributed by atoms with Crippen molar-refractivity contribution in [2.45, 2.75) is 39.7 Å². The lowest BCUT2D eigenvalue weighted by Crippen LogP contribution is -2.32. The summed E-state index contributed by atoms with van der Waals surface area (Å²) in [6.07, 6.45) is 0. The maximum absolute atomic E-state index is 2.52. The van der Waals surface area contributed by atoms with Crippen molar-refractivity contribution >= 4 is 87.8 Å². The van der Waals surface area contributed by atoms with Gasteiger partial charge in [0.05, 0.1) is 34.1 Å². The van der Waals surface area contributed by atoms with E-state index in [-0.39, 0.29) is 6.04 Å². The molecule has 0 fully saturated rings. The van der Waals surface area contributed by atoms with Crippen molar-refractivity contribution in [2.24, 2.45) is 5.92 Å². The molecule has 0 saturated carbocycles. The molecule has 0 unspecified atom stereocenters. The minimum atomic E-state index is 0.280. The molecule has 3 nitrogen and oxygen atoms in total. The first kappa shape index (κ1) is 30.3. The second kappa shape index (κ2) is 11.5. The van der Waals surface area contributed by atoms with Gasteiger partial charge in [0, 0.05) is 54.3 Å². The van der Waals surface area contributed by atoms with Crippen LogP contribution in [0.25, 0.3) is 30.9 Å². The third-order valence-electron chi connectivity index (χ3n) is 10.9. The van der Waals surface area contributed by atoms with Crippen molar-refractivity contribution < 1.29 is 0 Å². The third kappa shape index (κ3) is 4.42. The first-order chi connectivity index (χ1) is 25.0. The molecule has 0 N–H and O–H groups in total. The number of hydrogen-bond donors (Lipinski definition) is 0. The fourth-order valence-electron chi connectivity index (χ4n) is 8.90. The highest BCUT2D eigenvalue weighted by Gasteiger charge is 2.35. The zero-order chi connectivity index (χ0) is 34.4. The fourth-order valence-corrected chi connectivity index (χ4v) is 10.0. The van der Waals surface area contributed by atoms with Gasteiger partial charge in [0.2, 0.25) is 0 Å². The van der Waals surface area contributed by atoms with E-state index in [4.69, 9.17) is 0 Å². The van der Waals surface area contributed by atoms with Crippen molar-refractivity contribution in [3.8, 4) is 0 Å². The predicted octanol–water partition coefficient (Wildman–Crippen LogP) is 14.1. The summed E-state index contributed by atoms with van der Waals surface area (Å²) in [7, 11) is 0. The van der Waals surface area contributed by atoms with Crippen LogP contribution < -0.4 is 14.7 Å². The molecule has 3 heterocycles. The van der Waals surface area contributed by atoms with Crippen molar-refractivity contribution in [3.05, 3.63) is 157 Å². The van der Waals surface area contributed by atoms with Crippen LogP contribution in [-0.4, -0.2) is 6.04 Å². The predicted molar refractivity (Wildman–Crippen MR) is 220 cm³/mol. The highest BCUT2D eigenvalue weighted by Crippen LogP contribution is 2.57. The molecule has 248 valence electrons. The van der Waals surface area contributed by atoms with Gasteiger partial charge in [-0.15, -0.1) is 11.3 Å². The summed E-state index contributed by atoms with van der Waals surface area (Å²) in [6, 6.07) is 54.6. The monoisotopic (exact) mass is 677 g/mol. The number of anilines is 8. The van der Waals surface area contributed by atoms with E-state index in [0.29, 0.717) is 11.8 Å². The van der Waals surface area contributed by atoms with E-state index in [1.807, 2.05) is 11.3 Å². The second-order valence-corrected chi connectivity index (χ2v) is 15.6. The molecule has 4 heteroatoms. The van der Waals surface area contributed by atoms with E-state index >= 15 is 0 Å². The molecule has 51 heavy (non-hydrogen) atoms. The quantitative estimate of drug-likeness (QED) is 0.184. The molecule has 8 aromatic rings. The Morgan fingerprint density at radius 1 is 0.412 bits per heavy atom. The molecule has 1 aromatic heterocycles. The van der Waals surface area contributed by atoms with Crippen LogP contribution in [0.1, 0.15) is 44.7 Å². The molecule has 0 radical (unpaired) electrons. The number of hydrogen-bond acceptors (Lipinski definition) is 4. The van der Waals surface area contributed by atoms with Crippen molar-refractivity contribution in [3.63, 3.8) is 0 Å². The molecule has 0 saturated heterocycles. The molecular formula is C47H39N3S. The maximum Gasteiger partial charge on any atom is 0.0714 e. The second-order valence-electron chi connectivity index (χ2n) is 14.5. The Balaban J connectivity index is 1.23. The SMILES string of the molecule is CC(C)C1c2ccccc2N(c2cccc3c(N4c5ccccc5N(C(C)C)c5cc6c(cc54)sc4ccccc46)cccc23)c2ccccc21. The van der Waals surface area contributed by atoms with Crippen LogP contribution in [0.4, 0.5) is 45.5 Å². The van der Waals surface area contributed by atoms with Crippen LogP contribution >= 0.6 is 11.3 Å². The summed E-state index contributed by atoms with van der Waals surface area (Å²) in [5.74, 6) is 0.820. The van der Waals surface area contributed by atoms with E-state index in [0.717, 1.165) is 0 Å². The Hall–Kier alpha value is -5.58. The molecule has 7 aromatic carbocycles. The molecule has 0 bridgehead atoms. The standard InChI is InChI=1S/C47H39N3S/c1-29(2)47-34-16-5-8-20-39(34)49(40-21-9-6-17-35(40)47)37-24-13-19-32-31(37)18-14-25-38(32)50-42-23-11-10-22-41(42)48(30(3)4)43-27-36-33-15-7-12-26-45(33)51-46(36)28-44(43)50/h5-30,47H,1-4H3. The van der Waals surface area contributed by atoms with E-state index in [2.05, 4.69) is 188 Å². The Labute approximate surface area is 303 Å². The Morgan fingerprint density at radius 3 is 1.55 bits per heavy atom. The van der Waals surface area contributed by atoms with Gasteiger partial charge < -0.3 is 14.7 Å². The smallest absolute Gasteiger partial charge is 0.0714 e. The van der Waals surface area contributed by atoms with Gasteiger partial charge in [0.1, 0.15) is 0 Å². The number of rotatable bonds is 4. The van der Waals surface area contributed by atoms with Gasteiger partial charge in [-0.2, -0.15) is 0 Å². The lowest BCUT2D eigenvalue weighted by Gasteiger charge is -2.43. The van der Waals surface area contributed by atoms with E-state index < -0.39 is 0 Å². The van der Waals surface area contributed by atoms with Crippen LogP contribution in [0.3, 0.4) is 0 Å². The van der Waals surface area contributed by atoms with Gasteiger partial charge >= 0.3 is 0 Å². The average Bonchev–Trinajstić information content (AvgIpc) is 3.52. The molecule has 0 atom stereocenters. The van der Waals surface area contributed by atoms with Gasteiger partial charge in [-0.3, -0.25) is 0 Å². The maximum atomic E-state index is 2.52. The summed E-state index contributed by atoms with van der Waals surface area (Å²) in [5, 5.41) is 5.11. The molecule has 0 spiro atoms. The number of nitrogens with zero attached hydrogens (tertiary/aromatic N) is 3. The zero-order valence-electron chi connectivity index (χ0n) is 29.3. The Morgan fingerprint density at radius 2 is 0.922 bits per heavy atom. The minimum Gasteiger partial charge on any atom is -0.335 e. The molecule has 0 amide bonds. The fraction of sp³-hybridized carbons (Fsp3) is 0.149. The first-order valence-electron chi connectivity index (χ1n) is 18.1. The normalized spacial score (nSPS) is 14.0. The van der Waals surface area contributed by atoms with Gasteiger partial charge in [0.15, 0.2) is 0 Å². The van der Waals surface area contributed by atoms with Crippen molar-refractivity contribution in [1.29, 1.82) is 0 Å². The Kier molecular flexibility index (Phi) is 6.81. The van der Waals surface area contributed by atoms with Gasteiger partial charge in [0.25, 0.3) is 0 Å². The zero-order valence-corrected chi connectivity index (χ0v) is 30.2. The number of thiophene rings is 1. The van der Waals surface area contributed by atoms with E-state index in [1.165, 1.54) is 87.6 Å². The molecule has 2 aliphatic heterocycles. The molecule has 2 aliphatic rings. The van der Waals surface area contributed by atoms with Crippen LogP contribution in [-0.2, 0) is 0 Å². The van der Waals surface area contributed by atoms with Crippen LogP contribution in [0.15, 0.2) is 146 Å². The summed E-state index contributed by atoms with van der Waals surface area (Å²) in [5.41, 5.74) is 12.6. The third-order valence-corrected chi connectivity index (χ3v) is 12.1. The highest BCUT2D eigenvalue weighted by molar-refractivity contribution is 7.25. The van der Waals surface area contributed by atoms with E-state index in [9.17, 15) is 0 Å². The summed E-state index contributed by atoms with van der Waals surface area (Å²) < 4.78 is 2.64. The summed E-state index contributed by atoms with van der Waals surface area (Å²) in [6.45, 7) is 9.29. The first-order valence-corrected chi connectivity index (χ1v) is 18.9.